The van der Waals surface area contributed by atoms with E-state index in [1.54, 1.807) is 33.6 Å². The van der Waals surface area contributed by atoms with Gasteiger partial charge in [-0.25, -0.2) is 4.98 Å². The zero-order chi connectivity index (χ0) is 21.0. The number of hydrogen-bond donors (Lipinski definition) is 1. The molecule has 9 heteroatoms. The van der Waals surface area contributed by atoms with E-state index < -0.39 is 4.92 Å². The van der Waals surface area contributed by atoms with Crippen molar-refractivity contribution in [1.82, 2.24) is 9.55 Å². The number of aromatic nitrogens is 2. The van der Waals surface area contributed by atoms with Crippen LogP contribution in [0.25, 0.3) is 11.3 Å². The fourth-order valence-electron chi connectivity index (χ4n) is 3.04. The molecule has 0 unspecified atom stereocenters. The van der Waals surface area contributed by atoms with Crippen LogP contribution in [0.2, 0.25) is 0 Å². The summed E-state index contributed by atoms with van der Waals surface area (Å²) < 4.78 is 17.9. The summed E-state index contributed by atoms with van der Waals surface area (Å²) in [5.41, 5.74) is 2.44. The topological polar surface area (TPSA) is 101 Å². The van der Waals surface area contributed by atoms with Gasteiger partial charge >= 0.3 is 0 Å². The Balaban J connectivity index is 1.83. The SMILES string of the molecule is COc1cc(CNc2ncc(-c3cccc([N+](=O)[O-])c3)n2C)cc(OC)c1OC. The quantitative estimate of drug-likeness (QED) is 0.457. The van der Waals surface area contributed by atoms with Crippen molar-refractivity contribution in [3.63, 3.8) is 0 Å². The molecule has 0 saturated carbocycles. The van der Waals surface area contributed by atoms with E-state index in [0.717, 1.165) is 16.8 Å². The van der Waals surface area contributed by atoms with Crippen molar-refractivity contribution in [1.29, 1.82) is 0 Å². The lowest BCUT2D eigenvalue weighted by atomic mass is 10.1. The second-order valence-electron chi connectivity index (χ2n) is 6.22. The number of nitro groups is 1. The normalized spacial score (nSPS) is 10.5. The van der Waals surface area contributed by atoms with Gasteiger partial charge in [0.2, 0.25) is 11.7 Å². The van der Waals surface area contributed by atoms with Gasteiger partial charge in [-0.1, -0.05) is 12.1 Å². The molecule has 0 aliphatic heterocycles. The maximum Gasteiger partial charge on any atom is 0.270 e. The van der Waals surface area contributed by atoms with Gasteiger partial charge in [-0.15, -0.1) is 0 Å². The highest BCUT2D eigenvalue weighted by molar-refractivity contribution is 5.64. The Morgan fingerprint density at radius 1 is 1.10 bits per heavy atom. The Morgan fingerprint density at radius 3 is 2.38 bits per heavy atom. The molecule has 0 bridgehead atoms. The lowest BCUT2D eigenvalue weighted by molar-refractivity contribution is -0.384. The third-order valence-electron chi connectivity index (χ3n) is 4.52. The second kappa shape index (κ2) is 8.51. The number of methoxy groups -OCH3 is 3. The van der Waals surface area contributed by atoms with E-state index in [1.807, 2.05) is 29.8 Å². The first-order valence-electron chi connectivity index (χ1n) is 8.77. The summed E-state index contributed by atoms with van der Waals surface area (Å²) in [4.78, 5) is 15.0. The highest BCUT2D eigenvalue weighted by Crippen LogP contribution is 2.38. The summed E-state index contributed by atoms with van der Waals surface area (Å²) in [5.74, 6) is 2.30. The molecule has 0 aliphatic carbocycles. The minimum Gasteiger partial charge on any atom is -0.493 e. The van der Waals surface area contributed by atoms with Crippen molar-refractivity contribution in [3.05, 3.63) is 58.3 Å². The Labute approximate surface area is 168 Å². The predicted octanol–water partition coefficient (Wildman–Crippen LogP) is 3.63. The molecule has 2 aromatic carbocycles. The fourth-order valence-corrected chi connectivity index (χ4v) is 3.04. The zero-order valence-corrected chi connectivity index (χ0v) is 16.6. The molecule has 0 spiro atoms. The van der Waals surface area contributed by atoms with E-state index >= 15 is 0 Å². The van der Waals surface area contributed by atoms with Gasteiger partial charge in [-0.2, -0.15) is 0 Å². The van der Waals surface area contributed by atoms with Gasteiger partial charge < -0.3 is 24.1 Å². The molecule has 1 aromatic heterocycles. The summed E-state index contributed by atoms with van der Waals surface area (Å²) in [6.07, 6.45) is 1.68. The lowest BCUT2D eigenvalue weighted by Crippen LogP contribution is -2.06. The highest BCUT2D eigenvalue weighted by atomic mass is 16.6. The van der Waals surface area contributed by atoms with Crippen molar-refractivity contribution in [2.24, 2.45) is 7.05 Å². The number of hydrogen-bond acceptors (Lipinski definition) is 7. The molecule has 0 aliphatic rings. The van der Waals surface area contributed by atoms with Gasteiger partial charge in [-0.05, 0) is 17.7 Å². The summed E-state index contributed by atoms with van der Waals surface area (Å²) in [6, 6.07) is 10.2. The molecular weight excluding hydrogens is 376 g/mol. The van der Waals surface area contributed by atoms with Crippen molar-refractivity contribution in [2.45, 2.75) is 6.54 Å². The number of imidazole rings is 1. The predicted molar refractivity (Wildman–Crippen MR) is 109 cm³/mol. The minimum absolute atomic E-state index is 0.0376. The zero-order valence-electron chi connectivity index (χ0n) is 16.6. The van der Waals surface area contributed by atoms with Crippen molar-refractivity contribution >= 4 is 11.6 Å². The van der Waals surface area contributed by atoms with Crippen LogP contribution in [-0.4, -0.2) is 35.8 Å². The number of nitrogens with one attached hydrogen (secondary N) is 1. The molecule has 0 fully saturated rings. The molecule has 29 heavy (non-hydrogen) atoms. The molecule has 0 amide bonds. The van der Waals surface area contributed by atoms with E-state index in [4.69, 9.17) is 14.2 Å². The molecule has 0 radical (unpaired) electrons. The molecule has 152 valence electrons. The number of non-ortho nitro benzene ring substituents is 1. The average Bonchev–Trinajstić information content (AvgIpc) is 3.11. The molecule has 0 atom stereocenters. The molecule has 3 aromatic rings. The Morgan fingerprint density at radius 2 is 1.79 bits per heavy atom. The van der Waals surface area contributed by atoms with Crippen LogP contribution >= 0.6 is 0 Å². The summed E-state index contributed by atoms with van der Waals surface area (Å²) in [7, 11) is 6.54. The molecule has 3 rings (SSSR count). The summed E-state index contributed by atoms with van der Waals surface area (Å²) in [5, 5.41) is 14.3. The van der Waals surface area contributed by atoms with Gasteiger partial charge in [0, 0.05) is 31.3 Å². The molecule has 9 nitrogen and oxygen atoms in total. The van der Waals surface area contributed by atoms with E-state index in [1.165, 1.54) is 12.1 Å². The first-order valence-corrected chi connectivity index (χ1v) is 8.77. The molecule has 1 heterocycles. The van der Waals surface area contributed by atoms with E-state index in [0.29, 0.717) is 29.7 Å². The largest absolute Gasteiger partial charge is 0.493 e. The average molecular weight is 398 g/mol. The van der Waals surface area contributed by atoms with Crippen LogP contribution in [-0.2, 0) is 13.6 Å². The number of nitrogens with zero attached hydrogens (tertiary/aromatic N) is 3. The third-order valence-corrected chi connectivity index (χ3v) is 4.52. The second-order valence-corrected chi connectivity index (χ2v) is 6.22. The molecule has 0 saturated heterocycles. The van der Waals surface area contributed by atoms with E-state index in [2.05, 4.69) is 10.3 Å². The summed E-state index contributed by atoms with van der Waals surface area (Å²) >= 11 is 0. The van der Waals surface area contributed by atoms with Crippen molar-refractivity contribution < 1.29 is 19.1 Å². The van der Waals surface area contributed by atoms with E-state index in [9.17, 15) is 10.1 Å². The monoisotopic (exact) mass is 398 g/mol. The van der Waals surface area contributed by atoms with Crippen LogP contribution in [0.4, 0.5) is 11.6 Å². The van der Waals surface area contributed by atoms with Crippen molar-refractivity contribution in [2.75, 3.05) is 26.6 Å². The van der Waals surface area contributed by atoms with Crippen LogP contribution in [0.1, 0.15) is 5.56 Å². The Bertz CT molecular complexity index is 1010. The van der Waals surface area contributed by atoms with Gasteiger partial charge in [0.1, 0.15) is 0 Å². The lowest BCUT2D eigenvalue weighted by Gasteiger charge is -2.15. The summed E-state index contributed by atoms with van der Waals surface area (Å²) in [6.45, 7) is 0.468. The number of benzene rings is 2. The highest BCUT2D eigenvalue weighted by Gasteiger charge is 2.15. The Hall–Kier alpha value is -3.75. The smallest absolute Gasteiger partial charge is 0.270 e. The number of nitro benzene ring substituents is 1. The van der Waals surface area contributed by atoms with Crippen LogP contribution < -0.4 is 19.5 Å². The Kier molecular flexibility index (Phi) is 5.87. The first-order chi connectivity index (χ1) is 14.0. The maximum absolute atomic E-state index is 11.0. The number of rotatable bonds is 8. The number of anilines is 1. The van der Waals surface area contributed by atoms with Crippen LogP contribution in [0.5, 0.6) is 17.2 Å². The fraction of sp³-hybridized carbons (Fsp3) is 0.250. The van der Waals surface area contributed by atoms with Gasteiger partial charge in [-0.3, -0.25) is 10.1 Å². The van der Waals surface area contributed by atoms with Gasteiger partial charge in [0.05, 0.1) is 38.1 Å². The molecular formula is C20H22N4O5. The maximum atomic E-state index is 11.0. The van der Waals surface area contributed by atoms with Crippen LogP contribution in [0.15, 0.2) is 42.6 Å². The van der Waals surface area contributed by atoms with Gasteiger partial charge in [0.25, 0.3) is 5.69 Å². The number of ether oxygens (including phenoxy) is 3. The first kappa shape index (κ1) is 20.0. The van der Waals surface area contributed by atoms with Crippen LogP contribution in [0, 0.1) is 10.1 Å². The van der Waals surface area contributed by atoms with E-state index in [-0.39, 0.29) is 5.69 Å². The van der Waals surface area contributed by atoms with Gasteiger partial charge in [0.15, 0.2) is 11.5 Å². The van der Waals surface area contributed by atoms with Crippen molar-refractivity contribution in [3.8, 4) is 28.5 Å². The minimum atomic E-state index is -0.413. The third kappa shape index (κ3) is 4.08. The standard InChI is InChI=1S/C20H22N4O5/c1-23-16(14-6-5-7-15(10-14)24(25)26)12-22-20(23)21-11-13-8-17(27-2)19(29-4)18(9-13)28-3/h5-10,12H,11H2,1-4H3,(H,21,22). The van der Waals surface area contributed by atoms with Crippen LogP contribution in [0.3, 0.4) is 0 Å². The molecule has 1 N–H and O–H groups in total.